The third-order valence-electron chi connectivity index (χ3n) is 4.15. The number of rotatable bonds is 4. The van der Waals surface area contributed by atoms with E-state index in [4.69, 9.17) is 0 Å². The summed E-state index contributed by atoms with van der Waals surface area (Å²) in [5, 5.41) is 12.1. The fourth-order valence-corrected chi connectivity index (χ4v) is 2.66. The molecule has 0 saturated carbocycles. The van der Waals surface area contributed by atoms with E-state index in [1.807, 2.05) is 0 Å². The van der Waals surface area contributed by atoms with Crippen molar-refractivity contribution < 1.29 is 14.7 Å². The van der Waals surface area contributed by atoms with Crippen molar-refractivity contribution in [1.82, 2.24) is 10.2 Å². The summed E-state index contributed by atoms with van der Waals surface area (Å²) in [6.07, 6.45) is 2.85. The number of carbonyl (C=O) groups is 2. The highest BCUT2D eigenvalue weighted by Gasteiger charge is 2.39. The first-order chi connectivity index (χ1) is 8.76. The smallest absolute Gasteiger partial charge is 0.329 e. The fraction of sp³-hybridized carbons (Fsp3) is 0.857. The maximum Gasteiger partial charge on any atom is 0.329 e. The maximum absolute atomic E-state index is 12.3. The molecule has 1 aliphatic heterocycles. The number of piperidine rings is 1. The van der Waals surface area contributed by atoms with Crippen LogP contribution >= 0.6 is 0 Å². The van der Waals surface area contributed by atoms with Crippen LogP contribution in [0.3, 0.4) is 0 Å². The summed E-state index contributed by atoms with van der Waals surface area (Å²) >= 11 is 0. The average molecular weight is 270 g/mol. The lowest BCUT2D eigenvalue weighted by Gasteiger charge is -2.40. The van der Waals surface area contributed by atoms with Crippen LogP contribution in [0, 0.1) is 5.41 Å². The predicted molar refractivity (Wildman–Crippen MR) is 74.1 cm³/mol. The van der Waals surface area contributed by atoms with Gasteiger partial charge in [0, 0.05) is 13.1 Å². The molecule has 1 fully saturated rings. The minimum Gasteiger partial charge on any atom is -0.480 e. The molecule has 0 bridgehead atoms. The van der Waals surface area contributed by atoms with E-state index in [9.17, 15) is 14.7 Å². The topological polar surface area (TPSA) is 69.6 Å². The molecule has 110 valence electrons. The first kappa shape index (κ1) is 15.8. The Bertz CT molecular complexity index is 349. The van der Waals surface area contributed by atoms with Gasteiger partial charge < -0.3 is 15.3 Å². The predicted octanol–water partition coefficient (Wildman–Crippen LogP) is 2.46. The number of urea groups is 1. The number of nitrogens with one attached hydrogen (secondary N) is 1. The molecular formula is C14H26N2O3. The van der Waals surface area contributed by atoms with Gasteiger partial charge in [0.2, 0.25) is 0 Å². The van der Waals surface area contributed by atoms with Crippen molar-refractivity contribution in [2.75, 3.05) is 13.1 Å². The molecule has 5 heteroatoms. The highest BCUT2D eigenvalue weighted by atomic mass is 16.4. The van der Waals surface area contributed by atoms with Gasteiger partial charge in [-0.2, -0.15) is 0 Å². The van der Waals surface area contributed by atoms with Crippen molar-refractivity contribution in [1.29, 1.82) is 0 Å². The number of carboxylic acid groups (broad SMARTS) is 1. The van der Waals surface area contributed by atoms with E-state index in [1.54, 1.807) is 18.7 Å². The molecule has 1 saturated heterocycles. The molecule has 0 aromatic rings. The second-order valence-corrected chi connectivity index (χ2v) is 6.21. The van der Waals surface area contributed by atoms with Crippen LogP contribution in [0.4, 0.5) is 4.79 Å². The van der Waals surface area contributed by atoms with Gasteiger partial charge in [-0.05, 0) is 31.1 Å². The Labute approximate surface area is 115 Å². The minimum atomic E-state index is -1.14. The molecule has 5 nitrogen and oxygen atoms in total. The second-order valence-electron chi connectivity index (χ2n) is 6.21. The number of carboxylic acids is 1. The summed E-state index contributed by atoms with van der Waals surface area (Å²) in [6, 6.07) is -0.251. The molecule has 0 spiro atoms. The van der Waals surface area contributed by atoms with Crippen molar-refractivity contribution in [3.8, 4) is 0 Å². The molecule has 0 radical (unpaired) electrons. The number of likely N-dealkylation sites (tertiary alicyclic amines) is 1. The van der Waals surface area contributed by atoms with Crippen molar-refractivity contribution in [2.45, 2.75) is 58.9 Å². The molecule has 2 amide bonds. The highest BCUT2D eigenvalue weighted by molar-refractivity contribution is 5.86. The lowest BCUT2D eigenvalue weighted by atomic mass is 9.84. The van der Waals surface area contributed by atoms with Crippen LogP contribution in [-0.2, 0) is 4.79 Å². The van der Waals surface area contributed by atoms with E-state index in [2.05, 4.69) is 19.2 Å². The van der Waals surface area contributed by atoms with Gasteiger partial charge in [0.15, 0.2) is 0 Å². The molecule has 0 aromatic heterocycles. The first-order valence-electron chi connectivity index (χ1n) is 7.07. The Hall–Kier alpha value is -1.26. The van der Waals surface area contributed by atoms with Crippen LogP contribution in [0.1, 0.15) is 53.4 Å². The number of amides is 2. The minimum absolute atomic E-state index is 0.111. The fourth-order valence-electron chi connectivity index (χ4n) is 2.66. The summed E-state index contributed by atoms with van der Waals surface area (Å²) in [6.45, 7) is 9.24. The maximum atomic E-state index is 12.3. The highest BCUT2D eigenvalue weighted by Crippen LogP contribution is 2.28. The largest absolute Gasteiger partial charge is 0.480 e. The van der Waals surface area contributed by atoms with E-state index in [-0.39, 0.29) is 11.4 Å². The molecule has 0 unspecified atom stereocenters. The van der Waals surface area contributed by atoms with Crippen molar-refractivity contribution >= 4 is 12.0 Å². The zero-order chi connectivity index (χ0) is 14.7. The number of hydrogen-bond acceptors (Lipinski definition) is 2. The Balaban J connectivity index is 2.75. The standard InChI is InChI=1S/C14H26N2O3/c1-5-14(6-2,11(17)18)15-12(19)16-9-7-8-13(3,4)10-16/h5-10H2,1-4H3,(H,15,19)(H,17,18). The van der Waals surface area contributed by atoms with E-state index >= 15 is 0 Å². The van der Waals surface area contributed by atoms with E-state index in [0.29, 0.717) is 25.9 Å². The Morgan fingerprint density at radius 2 is 1.89 bits per heavy atom. The normalized spacial score (nSPS) is 19.1. The SMILES string of the molecule is CCC(CC)(NC(=O)N1CCCC(C)(C)C1)C(=O)O. The van der Waals surface area contributed by atoms with Gasteiger partial charge in [0.25, 0.3) is 0 Å². The molecule has 0 aromatic carbocycles. The van der Waals surface area contributed by atoms with Gasteiger partial charge in [0.05, 0.1) is 0 Å². The summed E-state index contributed by atoms with van der Waals surface area (Å²) < 4.78 is 0. The molecular weight excluding hydrogens is 244 g/mol. The Kier molecular flexibility index (Phi) is 4.82. The Morgan fingerprint density at radius 1 is 1.32 bits per heavy atom. The van der Waals surface area contributed by atoms with Gasteiger partial charge in [-0.15, -0.1) is 0 Å². The van der Waals surface area contributed by atoms with Gasteiger partial charge in [-0.25, -0.2) is 9.59 Å². The molecule has 0 atom stereocenters. The third-order valence-corrected chi connectivity index (χ3v) is 4.15. The zero-order valence-corrected chi connectivity index (χ0v) is 12.5. The van der Waals surface area contributed by atoms with E-state index in [1.165, 1.54) is 0 Å². The van der Waals surface area contributed by atoms with Crippen LogP contribution in [0.15, 0.2) is 0 Å². The van der Waals surface area contributed by atoms with E-state index in [0.717, 1.165) is 12.8 Å². The molecule has 1 rings (SSSR count). The van der Waals surface area contributed by atoms with Crippen molar-refractivity contribution in [2.24, 2.45) is 5.41 Å². The molecule has 19 heavy (non-hydrogen) atoms. The number of hydrogen-bond donors (Lipinski definition) is 2. The summed E-state index contributed by atoms with van der Waals surface area (Å²) in [7, 11) is 0. The molecule has 2 N–H and O–H groups in total. The van der Waals surface area contributed by atoms with Gasteiger partial charge in [-0.1, -0.05) is 27.7 Å². The summed E-state index contributed by atoms with van der Waals surface area (Å²) in [5.74, 6) is -0.956. The Morgan fingerprint density at radius 3 is 2.32 bits per heavy atom. The first-order valence-corrected chi connectivity index (χ1v) is 7.07. The number of aliphatic carboxylic acids is 1. The zero-order valence-electron chi connectivity index (χ0n) is 12.5. The second kappa shape index (κ2) is 5.80. The molecule has 0 aliphatic carbocycles. The van der Waals surface area contributed by atoms with Gasteiger partial charge in [-0.3, -0.25) is 0 Å². The quantitative estimate of drug-likeness (QED) is 0.824. The summed E-state index contributed by atoms with van der Waals surface area (Å²) in [4.78, 5) is 25.4. The van der Waals surface area contributed by atoms with E-state index < -0.39 is 11.5 Å². The van der Waals surface area contributed by atoms with Crippen LogP contribution < -0.4 is 5.32 Å². The molecule has 1 heterocycles. The van der Waals surface area contributed by atoms with Crippen LogP contribution in [0.2, 0.25) is 0 Å². The monoisotopic (exact) mass is 270 g/mol. The molecule has 1 aliphatic rings. The summed E-state index contributed by atoms with van der Waals surface area (Å²) in [5.41, 5.74) is -1.03. The number of carbonyl (C=O) groups excluding carboxylic acids is 1. The van der Waals surface area contributed by atoms with Gasteiger partial charge >= 0.3 is 12.0 Å². The van der Waals surface area contributed by atoms with Crippen LogP contribution in [-0.4, -0.2) is 40.6 Å². The van der Waals surface area contributed by atoms with Crippen LogP contribution in [0.25, 0.3) is 0 Å². The lowest BCUT2D eigenvalue weighted by molar-refractivity contribution is -0.144. The average Bonchev–Trinajstić information content (AvgIpc) is 2.34. The van der Waals surface area contributed by atoms with Crippen molar-refractivity contribution in [3.63, 3.8) is 0 Å². The van der Waals surface area contributed by atoms with Crippen molar-refractivity contribution in [3.05, 3.63) is 0 Å². The third kappa shape index (κ3) is 3.61. The van der Waals surface area contributed by atoms with Crippen LogP contribution in [0.5, 0.6) is 0 Å². The van der Waals surface area contributed by atoms with Gasteiger partial charge in [0.1, 0.15) is 5.54 Å². The lowest BCUT2D eigenvalue weighted by Crippen LogP contribution is -2.59. The number of nitrogens with zero attached hydrogens (tertiary/aromatic N) is 1.